The number of fused-ring (bicyclic) bond motifs is 1. The van der Waals surface area contributed by atoms with E-state index in [-0.39, 0.29) is 5.56 Å². The molecule has 0 aliphatic rings. The van der Waals surface area contributed by atoms with E-state index in [1.54, 1.807) is 25.6 Å². The Morgan fingerprint density at radius 3 is 2.80 bits per heavy atom. The molecule has 2 aromatic heterocycles. The lowest BCUT2D eigenvalue weighted by Gasteiger charge is -2.09. The van der Waals surface area contributed by atoms with Crippen LogP contribution in [0.15, 0.2) is 47.2 Å². The summed E-state index contributed by atoms with van der Waals surface area (Å²) in [6.45, 7) is 0. The van der Waals surface area contributed by atoms with E-state index in [2.05, 4.69) is 10.3 Å². The van der Waals surface area contributed by atoms with Gasteiger partial charge < -0.3 is 14.8 Å². The highest BCUT2D eigenvalue weighted by atomic mass is 16.4. The van der Waals surface area contributed by atoms with Crippen molar-refractivity contribution in [1.29, 1.82) is 0 Å². The van der Waals surface area contributed by atoms with E-state index < -0.39 is 5.97 Å². The van der Waals surface area contributed by atoms with Gasteiger partial charge in [-0.1, -0.05) is 18.2 Å². The number of carbonyl (C=O) groups is 1. The number of furan rings is 1. The highest BCUT2D eigenvalue weighted by Crippen LogP contribution is 2.34. The second-order valence-corrected chi connectivity index (χ2v) is 4.28. The molecule has 3 aromatic rings. The van der Waals surface area contributed by atoms with E-state index in [1.807, 2.05) is 24.3 Å². The predicted octanol–water partition coefficient (Wildman–Crippen LogP) is 3.23. The summed E-state index contributed by atoms with van der Waals surface area (Å²) >= 11 is 0. The van der Waals surface area contributed by atoms with Crippen LogP contribution in [0.3, 0.4) is 0 Å². The second-order valence-electron chi connectivity index (χ2n) is 4.28. The van der Waals surface area contributed by atoms with Crippen molar-refractivity contribution < 1.29 is 14.3 Å². The van der Waals surface area contributed by atoms with E-state index in [0.29, 0.717) is 11.4 Å². The average molecular weight is 268 g/mol. The van der Waals surface area contributed by atoms with Gasteiger partial charge in [0.25, 0.3) is 0 Å². The van der Waals surface area contributed by atoms with Crippen LogP contribution in [0.2, 0.25) is 0 Å². The maximum absolute atomic E-state index is 11.5. The summed E-state index contributed by atoms with van der Waals surface area (Å²) in [6.07, 6.45) is 3.15. The lowest BCUT2D eigenvalue weighted by molar-refractivity contribution is 0.0698. The Labute approximate surface area is 114 Å². The van der Waals surface area contributed by atoms with Crippen molar-refractivity contribution >= 4 is 22.8 Å². The first-order chi connectivity index (χ1) is 9.72. The number of carboxylic acid groups (broad SMARTS) is 1. The van der Waals surface area contributed by atoms with Gasteiger partial charge in [0.2, 0.25) is 0 Å². The van der Waals surface area contributed by atoms with Gasteiger partial charge in [-0.25, -0.2) is 9.78 Å². The highest BCUT2D eigenvalue weighted by molar-refractivity contribution is 6.05. The lowest BCUT2D eigenvalue weighted by atomic mass is 10.0. The molecule has 3 rings (SSSR count). The Balaban J connectivity index is 2.32. The summed E-state index contributed by atoms with van der Waals surface area (Å²) < 4.78 is 5.48. The third-order valence-electron chi connectivity index (χ3n) is 3.17. The van der Waals surface area contributed by atoms with Gasteiger partial charge in [0.1, 0.15) is 17.0 Å². The van der Waals surface area contributed by atoms with Gasteiger partial charge in [0.05, 0.1) is 6.26 Å². The zero-order valence-corrected chi connectivity index (χ0v) is 10.8. The molecule has 0 unspecified atom stereocenters. The Morgan fingerprint density at radius 2 is 2.05 bits per heavy atom. The normalized spacial score (nSPS) is 10.7. The molecule has 0 amide bonds. The summed E-state index contributed by atoms with van der Waals surface area (Å²) in [6, 6.07) is 9.20. The van der Waals surface area contributed by atoms with Crippen molar-refractivity contribution in [2.75, 3.05) is 12.4 Å². The maximum atomic E-state index is 11.5. The summed E-state index contributed by atoms with van der Waals surface area (Å²) in [7, 11) is 1.64. The van der Waals surface area contributed by atoms with Crippen LogP contribution in [0.4, 0.5) is 5.82 Å². The molecule has 0 atom stereocenters. The molecule has 0 fully saturated rings. The monoisotopic (exact) mass is 268 g/mol. The second kappa shape index (κ2) is 4.70. The van der Waals surface area contributed by atoms with E-state index >= 15 is 0 Å². The fourth-order valence-electron chi connectivity index (χ4n) is 2.28. The minimum Gasteiger partial charge on any atom is -0.478 e. The molecule has 0 spiro atoms. The Bertz CT molecular complexity index is 793. The van der Waals surface area contributed by atoms with Crippen LogP contribution in [0, 0.1) is 0 Å². The van der Waals surface area contributed by atoms with Crippen molar-refractivity contribution in [2.24, 2.45) is 0 Å². The number of nitrogens with zero attached hydrogens (tertiary/aromatic N) is 1. The number of nitrogens with one attached hydrogen (secondary N) is 1. The van der Waals surface area contributed by atoms with Crippen LogP contribution in [-0.4, -0.2) is 23.1 Å². The van der Waals surface area contributed by atoms with Crippen LogP contribution in [0.5, 0.6) is 0 Å². The summed E-state index contributed by atoms with van der Waals surface area (Å²) in [5.41, 5.74) is 2.20. The quantitative estimate of drug-likeness (QED) is 0.762. The molecule has 5 heteroatoms. The van der Waals surface area contributed by atoms with Gasteiger partial charge in [-0.15, -0.1) is 0 Å². The number of rotatable bonds is 3. The van der Waals surface area contributed by atoms with Crippen LogP contribution in [-0.2, 0) is 0 Å². The molecule has 0 aliphatic heterocycles. The van der Waals surface area contributed by atoms with Gasteiger partial charge in [-0.3, -0.25) is 0 Å². The molecule has 20 heavy (non-hydrogen) atoms. The van der Waals surface area contributed by atoms with Gasteiger partial charge in [-0.05, 0) is 12.1 Å². The SMILES string of the molecule is CNc1nccc(-c2coc3ccccc23)c1C(=O)O. The standard InChI is InChI=1S/C15H12N2O3/c1-16-14-13(15(18)19)10(6-7-17-14)11-8-20-12-5-3-2-4-9(11)12/h2-8H,1H3,(H,16,17)(H,18,19). The predicted molar refractivity (Wildman–Crippen MR) is 76.0 cm³/mol. The number of anilines is 1. The van der Waals surface area contributed by atoms with E-state index in [9.17, 15) is 9.90 Å². The Hall–Kier alpha value is -2.82. The smallest absolute Gasteiger partial charge is 0.340 e. The molecule has 0 bridgehead atoms. The van der Waals surface area contributed by atoms with Crippen molar-refractivity contribution in [1.82, 2.24) is 4.98 Å². The summed E-state index contributed by atoms with van der Waals surface area (Å²) in [5, 5.41) is 13.1. The van der Waals surface area contributed by atoms with Crippen LogP contribution >= 0.6 is 0 Å². The first-order valence-corrected chi connectivity index (χ1v) is 6.09. The molecule has 0 aliphatic carbocycles. The van der Waals surface area contributed by atoms with Crippen molar-refractivity contribution in [3.8, 4) is 11.1 Å². The zero-order chi connectivity index (χ0) is 14.1. The van der Waals surface area contributed by atoms with Gasteiger partial charge in [-0.2, -0.15) is 0 Å². The van der Waals surface area contributed by atoms with Gasteiger partial charge in [0, 0.05) is 29.8 Å². The summed E-state index contributed by atoms with van der Waals surface area (Å²) in [4.78, 5) is 15.6. The number of aromatic nitrogens is 1. The Kier molecular flexibility index (Phi) is 2.87. The van der Waals surface area contributed by atoms with Crippen LogP contribution < -0.4 is 5.32 Å². The number of benzene rings is 1. The number of aromatic carboxylic acids is 1. The van der Waals surface area contributed by atoms with E-state index in [1.165, 1.54) is 0 Å². The van der Waals surface area contributed by atoms with Crippen LogP contribution in [0.25, 0.3) is 22.1 Å². The molecule has 0 radical (unpaired) electrons. The van der Waals surface area contributed by atoms with Crippen molar-refractivity contribution in [2.45, 2.75) is 0 Å². The Morgan fingerprint density at radius 1 is 1.25 bits per heavy atom. The lowest BCUT2D eigenvalue weighted by Crippen LogP contribution is -2.06. The minimum absolute atomic E-state index is 0.140. The van der Waals surface area contributed by atoms with Crippen molar-refractivity contribution in [3.05, 3.63) is 48.4 Å². The fourth-order valence-corrected chi connectivity index (χ4v) is 2.28. The first-order valence-electron chi connectivity index (χ1n) is 6.09. The van der Waals surface area contributed by atoms with E-state index in [4.69, 9.17) is 4.42 Å². The molecule has 100 valence electrons. The minimum atomic E-state index is -1.03. The fraction of sp³-hybridized carbons (Fsp3) is 0.0667. The molecule has 2 heterocycles. The third-order valence-corrected chi connectivity index (χ3v) is 3.17. The highest BCUT2D eigenvalue weighted by Gasteiger charge is 2.19. The number of carboxylic acids is 1. The summed E-state index contributed by atoms with van der Waals surface area (Å²) in [5.74, 6) is -0.692. The van der Waals surface area contributed by atoms with Crippen molar-refractivity contribution in [3.63, 3.8) is 0 Å². The number of pyridine rings is 1. The first kappa shape index (κ1) is 12.2. The average Bonchev–Trinajstić information content (AvgIpc) is 2.90. The number of hydrogen-bond acceptors (Lipinski definition) is 4. The molecule has 5 nitrogen and oxygen atoms in total. The van der Waals surface area contributed by atoms with Gasteiger partial charge in [0.15, 0.2) is 0 Å². The number of hydrogen-bond donors (Lipinski definition) is 2. The molecule has 0 saturated heterocycles. The molecule has 2 N–H and O–H groups in total. The van der Waals surface area contributed by atoms with Crippen LogP contribution in [0.1, 0.15) is 10.4 Å². The molecular weight excluding hydrogens is 256 g/mol. The third kappa shape index (κ3) is 1.80. The zero-order valence-electron chi connectivity index (χ0n) is 10.8. The maximum Gasteiger partial charge on any atom is 0.340 e. The number of para-hydroxylation sites is 1. The van der Waals surface area contributed by atoms with Gasteiger partial charge >= 0.3 is 5.97 Å². The molecular formula is C15H12N2O3. The largest absolute Gasteiger partial charge is 0.478 e. The molecule has 0 saturated carbocycles. The topological polar surface area (TPSA) is 75.4 Å². The van der Waals surface area contributed by atoms with E-state index in [0.717, 1.165) is 16.5 Å². The molecule has 1 aromatic carbocycles.